The van der Waals surface area contributed by atoms with Crippen LogP contribution < -0.4 is 5.32 Å². The molecular formula is C15H12Cl2N2. The summed E-state index contributed by atoms with van der Waals surface area (Å²) in [6, 6.07) is 13.7. The smallest absolute Gasteiger partial charge is 0.0456 e. The third-order valence-electron chi connectivity index (χ3n) is 3.04. The Hall–Kier alpha value is -1.64. The van der Waals surface area contributed by atoms with E-state index < -0.39 is 0 Å². The first kappa shape index (κ1) is 12.4. The Morgan fingerprint density at radius 1 is 1.00 bits per heavy atom. The van der Waals surface area contributed by atoms with E-state index in [1.807, 2.05) is 30.5 Å². The second kappa shape index (κ2) is 5.16. The summed E-state index contributed by atoms with van der Waals surface area (Å²) in [5, 5.41) is 5.95. The van der Waals surface area contributed by atoms with Crippen LogP contribution in [0.1, 0.15) is 5.56 Å². The largest absolute Gasteiger partial charge is 0.381 e. The molecule has 3 rings (SSSR count). The molecule has 0 unspecified atom stereocenters. The third kappa shape index (κ3) is 2.70. The highest BCUT2D eigenvalue weighted by Crippen LogP contribution is 2.23. The summed E-state index contributed by atoms with van der Waals surface area (Å²) in [5.74, 6) is 0. The van der Waals surface area contributed by atoms with E-state index in [0.717, 1.165) is 21.8 Å². The van der Waals surface area contributed by atoms with Crippen molar-refractivity contribution >= 4 is 39.8 Å². The number of anilines is 1. The molecule has 96 valence electrons. The van der Waals surface area contributed by atoms with E-state index in [1.165, 1.54) is 5.39 Å². The molecule has 0 spiro atoms. The zero-order valence-electron chi connectivity index (χ0n) is 10.1. The molecule has 1 heterocycles. The minimum Gasteiger partial charge on any atom is -0.381 e. The van der Waals surface area contributed by atoms with Crippen molar-refractivity contribution in [2.24, 2.45) is 0 Å². The Kier molecular flexibility index (Phi) is 3.36. The van der Waals surface area contributed by atoms with Gasteiger partial charge in [-0.1, -0.05) is 23.2 Å². The number of fused-ring (bicyclic) bond motifs is 1. The van der Waals surface area contributed by atoms with Crippen LogP contribution in [-0.4, -0.2) is 4.98 Å². The molecule has 1 aromatic heterocycles. The summed E-state index contributed by atoms with van der Waals surface area (Å²) in [5.41, 5.74) is 3.18. The summed E-state index contributed by atoms with van der Waals surface area (Å²) in [4.78, 5) is 3.17. The Morgan fingerprint density at radius 3 is 2.79 bits per heavy atom. The maximum Gasteiger partial charge on any atom is 0.0456 e. The Morgan fingerprint density at radius 2 is 1.89 bits per heavy atom. The van der Waals surface area contributed by atoms with Gasteiger partial charge < -0.3 is 10.3 Å². The summed E-state index contributed by atoms with van der Waals surface area (Å²) in [6.45, 7) is 0.648. The minimum absolute atomic E-state index is 0.648. The van der Waals surface area contributed by atoms with Crippen molar-refractivity contribution in [2.75, 3.05) is 5.32 Å². The fourth-order valence-electron chi connectivity index (χ4n) is 2.04. The van der Waals surface area contributed by atoms with Crippen molar-refractivity contribution in [3.8, 4) is 0 Å². The second-order valence-corrected chi connectivity index (χ2v) is 5.21. The van der Waals surface area contributed by atoms with Gasteiger partial charge in [0.1, 0.15) is 0 Å². The van der Waals surface area contributed by atoms with E-state index >= 15 is 0 Å². The molecule has 2 nitrogen and oxygen atoms in total. The number of rotatable bonds is 3. The predicted octanol–water partition coefficient (Wildman–Crippen LogP) is 5.09. The normalized spacial score (nSPS) is 10.8. The molecular weight excluding hydrogens is 279 g/mol. The van der Waals surface area contributed by atoms with E-state index in [1.54, 1.807) is 6.07 Å². The van der Waals surface area contributed by atoms with Gasteiger partial charge in [-0.3, -0.25) is 0 Å². The molecule has 0 atom stereocenters. The van der Waals surface area contributed by atoms with Crippen LogP contribution in [-0.2, 0) is 6.54 Å². The summed E-state index contributed by atoms with van der Waals surface area (Å²) >= 11 is 12.1. The van der Waals surface area contributed by atoms with Crippen molar-refractivity contribution in [1.29, 1.82) is 0 Å². The Labute approximate surface area is 121 Å². The van der Waals surface area contributed by atoms with E-state index in [4.69, 9.17) is 23.2 Å². The third-order valence-corrected chi connectivity index (χ3v) is 3.65. The number of H-pyrrole nitrogens is 1. The second-order valence-electron chi connectivity index (χ2n) is 4.37. The number of aromatic nitrogens is 1. The van der Waals surface area contributed by atoms with Gasteiger partial charge in [-0.05, 0) is 48.0 Å². The van der Waals surface area contributed by atoms with Crippen molar-refractivity contribution in [3.63, 3.8) is 0 Å². The Balaban J connectivity index is 1.79. The van der Waals surface area contributed by atoms with Crippen LogP contribution >= 0.6 is 23.2 Å². The highest BCUT2D eigenvalue weighted by atomic mass is 35.5. The molecule has 0 radical (unpaired) electrons. The van der Waals surface area contributed by atoms with Crippen LogP contribution in [0.3, 0.4) is 0 Å². The van der Waals surface area contributed by atoms with Gasteiger partial charge in [0, 0.05) is 39.4 Å². The maximum atomic E-state index is 6.14. The molecule has 0 aliphatic carbocycles. The average Bonchev–Trinajstić information content (AvgIpc) is 2.87. The van der Waals surface area contributed by atoms with Crippen LogP contribution in [0, 0.1) is 0 Å². The number of benzene rings is 2. The van der Waals surface area contributed by atoms with E-state index in [-0.39, 0.29) is 0 Å². The Bertz CT molecular complexity index is 719. The molecule has 3 aromatic rings. The lowest BCUT2D eigenvalue weighted by atomic mass is 10.2. The first-order chi connectivity index (χ1) is 9.22. The molecule has 0 aliphatic heterocycles. The predicted molar refractivity (Wildman–Crippen MR) is 82.1 cm³/mol. The van der Waals surface area contributed by atoms with Crippen molar-refractivity contribution in [1.82, 2.24) is 4.98 Å². The molecule has 0 amide bonds. The van der Waals surface area contributed by atoms with Gasteiger partial charge in [0.05, 0.1) is 0 Å². The average molecular weight is 291 g/mol. The molecule has 2 aromatic carbocycles. The molecule has 0 saturated heterocycles. The van der Waals surface area contributed by atoms with Crippen LogP contribution in [0.5, 0.6) is 0 Å². The monoisotopic (exact) mass is 290 g/mol. The lowest BCUT2D eigenvalue weighted by Gasteiger charge is -2.08. The number of aromatic amines is 1. The number of nitrogens with one attached hydrogen (secondary N) is 2. The van der Waals surface area contributed by atoms with Gasteiger partial charge in [0.2, 0.25) is 0 Å². The summed E-state index contributed by atoms with van der Waals surface area (Å²) < 4.78 is 0. The quantitative estimate of drug-likeness (QED) is 0.691. The van der Waals surface area contributed by atoms with Gasteiger partial charge in [0.25, 0.3) is 0 Å². The van der Waals surface area contributed by atoms with Gasteiger partial charge in [-0.2, -0.15) is 0 Å². The topological polar surface area (TPSA) is 27.8 Å². The first-order valence-corrected chi connectivity index (χ1v) is 6.73. The minimum atomic E-state index is 0.648. The van der Waals surface area contributed by atoms with Gasteiger partial charge in [-0.15, -0.1) is 0 Å². The van der Waals surface area contributed by atoms with Crippen molar-refractivity contribution in [3.05, 3.63) is 64.3 Å². The summed E-state index contributed by atoms with van der Waals surface area (Å²) in [6.07, 6.45) is 1.93. The van der Waals surface area contributed by atoms with Gasteiger partial charge >= 0.3 is 0 Å². The molecule has 2 N–H and O–H groups in total. The zero-order chi connectivity index (χ0) is 13.2. The van der Waals surface area contributed by atoms with Gasteiger partial charge in [-0.25, -0.2) is 0 Å². The van der Waals surface area contributed by atoms with Crippen LogP contribution in [0.15, 0.2) is 48.7 Å². The van der Waals surface area contributed by atoms with E-state index in [0.29, 0.717) is 11.6 Å². The fourth-order valence-corrected chi connectivity index (χ4v) is 2.42. The molecule has 0 aliphatic rings. The van der Waals surface area contributed by atoms with E-state index in [9.17, 15) is 0 Å². The first-order valence-electron chi connectivity index (χ1n) is 5.97. The molecule has 4 heteroatoms. The lowest BCUT2D eigenvalue weighted by molar-refractivity contribution is 1.15. The standard InChI is InChI=1S/C15H12Cl2N2/c16-12-1-3-14(17)11(7-12)9-19-13-2-4-15-10(8-13)5-6-18-15/h1-8,18-19H,9H2. The molecule has 19 heavy (non-hydrogen) atoms. The highest BCUT2D eigenvalue weighted by Gasteiger charge is 2.02. The molecule has 0 fully saturated rings. The highest BCUT2D eigenvalue weighted by molar-refractivity contribution is 6.33. The van der Waals surface area contributed by atoms with E-state index in [2.05, 4.69) is 22.4 Å². The molecule has 0 bridgehead atoms. The molecule has 0 saturated carbocycles. The van der Waals surface area contributed by atoms with Crippen LogP contribution in [0.25, 0.3) is 10.9 Å². The zero-order valence-corrected chi connectivity index (χ0v) is 11.6. The number of halogens is 2. The summed E-state index contributed by atoms with van der Waals surface area (Å²) in [7, 11) is 0. The lowest BCUT2D eigenvalue weighted by Crippen LogP contribution is -1.99. The fraction of sp³-hybridized carbons (Fsp3) is 0.0667. The van der Waals surface area contributed by atoms with Crippen molar-refractivity contribution < 1.29 is 0 Å². The number of hydrogen-bond acceptors (Lipinski definition) is 1. The van der Waals surface area contributed by atoms with Gasteiger partial charge in [0.15, 0.2) is 0 Å². The number of hydrogen-bond donors (Lipinski definition) is 2. The van der Waals surface area contributed by atoms with Crippen LogP contribution in [0.2, 0.25) is 10.0 Å². The van der Waals surface area contributed by atoms with Crippen molar-refractivity contribution in [2.45, 2.75) is 6.54 Å². The maximum absolute atomic E-state index is 6.14. The van der Waals surface area contributed by atoms with Crippen LogP contribution in [0.4, 0.5) is 5.69 Å². The SMILES string of the molecule is Clc1ccc(Cl)c(CNc2ccc3[nH]ccc3c2)c1.